The van der Waals surface area contributed by atoms with Gasteiger partial charge in [-0.25, -0.2) is 8.78 Å². The third-order valence-electron chi connectivity index (χ3n) is 7.60. The van der Waals surface area contributed by atoms with E-state index in [0.717, 1.165) is 35.3 Å². The molecule has 11 heteroatoms. The van der Waals surface area contributed by atoms with Gasteiger partial charge in [-0.3, -0.25) is 9.59 Å². The zero-order valence-electron chi connectivity index (χ0n) is 25.8. The Kier molecular flexibility index (Phi) is 12.5. The number of nitrogens with zero attached hydrogens (tertiary/aromatic N) is 3. The first-order valence-electron chi connectivity index (χ1n) is 15.0. The Morgan fingerprint density at radius 2 is 1.72 bits per heavy atom. The van der Waals surface area contributed by atoms with Gasteiger partial charge in [0.2, 0.25) is 11.8 Å². The van der Waals surface area contributed by atoms with Gasteiger partial charge >= 0.3 is 0 Å². The van der Waals surface area contributed by atoms with Crippen LogP contribution in [0.1, 0.15) is 69.5 Å². The van der Waals surface area contributed by atoms with Crippen LogP contribution in [-0.2, 0) is 29.0 Å². The number of halogens is 2. The molecule has 1 unspecified atom stereocenters. The summed E-state index contributed by atoms with van der Waals surface area (Å²) in [7, 11) is 0. The third kappa shape index (κ3) is 9.23. The molecule has 0 bridgehead atoms. The maximum atomic E-state index is 14.2. The highest BCUT2D eigenvalue weighted by molar-refractivity contribution is 7.11. The van der Waals surface area contributed by atoms with Crippen molar-refractivity contribution in [1.29, 1.82) is 0 Å². The minimum atomic E-state index is -1.48. The van der Waals surface area contributed by atoms with Crippen molar-refractivity contribution in [3.63, 3.8) is 0 Å². The minimum Gasteiger partial charge on any atom is -0.391 e. The van der Waals surface area contributed by atoms with Gasteiger partial charge in [-0.15, -0.1) is 21.5 Å². The first kappa shape index (κ1) is 34.5. The number of nitrogens with two attached hydrogens (primary N) is 1. The maximum absolute atomic E-state index is 14.2. The van der Waals surface area contributed by atoms with E-state index in [2.05, 4.69) is 29.4 Å². The van der Waals surface area contributed by atoms with E-state index in [9.17, 15) is 23.5 Å². The van der Waals surface area contributed by atoms with E-state index >= 15 is 0 Å². The number of hydrogen-bond acceptors (Lipinski definition) is 7. The lowest BCUT2D eigenvalue weighted by Crippen LogP contribution is -2.51. The lowest BCUT2D eigenvalue weighted by Gasteiger charge is -2.42. The van der Waals surface area contributed by atoms with Crippen LogP contribution < -0.4 is 11.1 Å². The summed E-state index contributed by atoms with van der Waals surface area (Å²) in [5.74, 6) is -2.87. The van der Waals surface area contributed by atoms with Gasteiger partial charge in [0.15, 0.2) is 0 Å². The molecule has 3 atom stereocenters. The van der Waals surface area contributed by atoms with Crippen molar-refractivity contribution in [1.82, 2.24) is 20.4 Å². The molecule has 0 aliphatic heterocycles. The molecule has 1 aromatic carbocycles. The second-order valence-electron chi connectivity index (χ2n) is 11.9. The number of allylic oxidation sites excluding steroid dienone is 2. The van der Waals surface area contributed by atoms with Crippen LogP contribution >= 0.6 is 11.3 Å². The Morgan fingerprint density at radius 3 is 2.30 bits per heavy atom. The molecule has 1 aliphatic carbocycles. The van der Waals surface area contributed by atoms with Crippen LogP contribution in [0.3, 0.4) is 0 Å². The van der Waals surface area contributed by atoms with Crippen LogP contribution in [-0.4, -0.2) is 57.8 Å². The van der Waals surface area contributed by atoms with Gasteiger partial charge in [0.25, 0.3) is 0 Å². The number of aromatic nitrogens is 2. The molecule has 43 heavy (non-hydrogen) atoms. The lowest BCUT2D eigenvalue weighted by atomic mass is 9.63. The molecule has 1 heterocycles. The number of carbonyl (C=O) groups is 2. The molecular weight excluding hydrogens is 572 g/mol. The summed E-state index contributed by atoms with van der Waals surface area (Å²) in [6, 6.07) is 3.15. The Hall–Kier alpha value is -3.02. The SMILES string of the molecule is CCCN(CCC)C(=O)C1=CC(C)=CC(C(N)=O)([C@H](Cc2cc(F)cc(F)c2)[C@@H](O)CNCc2nnc(CC(C)C)s2)C1. The average molecular weight is 618 g/mol. The minimum absolute atomic E-state index is 0.0308. The fraction of sp³-hybridized carbons (Fsp3) is 0.562. The molecule has 2 amide bonds. The fourth-order valence-corrected chi connectivity index (χ4v) is 6.85. The Morgan fingerprint density at radius 1 is 1.09 bits per heavy atom. The number of benzene rings is 1. The largest absolute Gasteiger partial charge is 0.391 e. The van der Waals surface area contributed by atoms with E-state index < -0.39 is 35.0 Å². The number of nitrogens with one attached hydrogen (secondary N) is 1. The highest BCUT2D eigenvalue weighted by Gasteiger charge is 2.48. The Bertz CT molecular complexity index is 1300. The van der Waals surface area contributed by atoms with Crippen molar-refractivity contribution in [3.8, 4) is 0 Å². The topological polar surface area (TPSA) is 121 Å². The van der Waals surface area contributed by atoms with E-state index in [4.69, 9.17) is 5.73 Å². The molecule has 0 spiro atoms. The molecular formula is C32H45F2N5O3S. The summed E-state index contributed by atoms with van der Waals surface area (Å²) in [6.07, 6.45) is 4.59. The third-order valence-corrected chi connectivity index (χ3v) is 8.55. The van der Waals surface area contributed by atoms with Crippen LogP contribution in [0.15, 0.2) is 41.5 Å². The second-order valence-corrected chi connectivity index (χ2v) is 13.1. The predicted octanol–water partition coefficient (Wildman–Crippen LogP) is 4.72. The lowest BCUT2D eigenvalue weighted by molar-refractivity contribution is -0.132. The highest BCUT2D eigenvalue weighted by Crippen LogP contribution is 2.44. The molecule has 2 aromatic rings. The zero-order valence-corrected chi connectivity index (χ0v) is 26.6. The van der Waals surface area contributed by atoms with E-state index in [0.29, 0.717) is 36.7 Å². The molecule has 3 rings (SSSR count). The summed E-state index contributed by atoms with van der Waals surface area (Å²) in [4.78, 5) is 28.8. The van der Waals surface area contributed by atoms with Crippen LogP contribution in [0.25, 0.3) is 0 Å². The van der Waals surface area contributed by atoms with Crippen molar-refractivity contribution in [3.05, 3.63) is 68.7 Å². The van der Waals surface area contributed by atoms with E-state index in [1.165, 1.54) is 23.5 Å². The molecule has 4 N–H and O–H groups in total. The van der Waals surface area contributed by atoms with Crippen molar-refractivity contribution < 1.29 is 23.5 Å². The van der Waals surface area contributed by atoms with Gasteiger partial charge in [-0.2, -0.15) is 0 Å². The molecule has 0 saturated carbocycles. The van der Waals surface area contributed by atoms with Gasteiger partial charge in [0.05, 0.1) is 11.5 Å². The van der Waals surface area contributed by atoms with Crippen LogP contribution in [0.5, 0.6) is 0 Å². The van der Waals surface area contributed by atoms with E-state index in [1.807, 2.05) is 13.8 Å². The number of carbonyl (C=O) groups excluding carboxylic acids is 2. The number of rotatable bonds is 16. The quantitative estimate of drug-likeness (QED) is 0.251. The van der Waals surface area contributed by atoms with E-state index in [-0.39, 0.29) is 30.9 Å². The second kappa shape index (κ2) is 15.6. The van der Waals surface area contributed by atoms with Gasteiger partial charge in [-0.1, -0.05) is 45.4 Å². The van der Waals surface area contributed by atoms with Gasteiger partial charge in [-0.05, 0) is 56.2 Å². The summed E-state index contributed by atoms with van der Waals surface area (Å²) < 4.78 is 28.4. The van der Waals surface area contributed by atoms with Crippen LogP contribution in [0.4, 0.5) is 8.78 Å². The number of aliphatic hydroxyl groups excluding tert-OH is 1. The van der Waals surface area contributed by atoms with Gasteiger partial charge in [0, 0.05) is 50.2 Å². The monoisotopic (exact) mass is 617 g/mol. The summed E-state index contributed by atoms with van der Waals surface area (Å²) in [5, 5.41) is 25.0. The maximum Gasteiger partial charge on any atom is 0.249 e. The van der Waals surface area contributed by atoms with E-state index in [1.54, 1.807) is 24.0 Å². The Balaban J connectivity index is 1.94. The van der Waals surface area contributed by atoms with Gasteiger partial charge < -0.3 is 21.1 Å². The summed E-state index contributed by atoms with van der Waals surface area (Å²) >= 11 is 1.49. The fourth-order valence-electron chi connectivity index (χ4n) is 5.82. The van der Waals surface area contributed by atoms with Crippen molar-refractivity contribution in [2.45, 2.75) is 79.4 Å². The molecule has 1 aromatic heterocycles. The van der Waals surface area contributed by atoms with Crippen molar-refractivity contribution >= 4 is 23.2 Å². The standard InChI is InChI=1S/C32H45F2N5O3S/c1-6-8-39(9-7-2)30(41)23-11-21(5)16-32(17-23,31(35)42)26(14-22-12-24(33)15-25(34)13-22)27(40)18-36-19-29-38-37-28(43-29)10-20(3)4/h11-13,15-16,20,26-27,36,40H,6-10,14,17-19H2,1-5H3,(H2,35,42)/t26-,27+,32?/m1/s1. The Labute approximate surface area is 257 Å². The highest BCUT2D eigenvalue weighted by atomic mass is 32.1. The molecule has 236 valence electrons. The molecule has 8 nitrogen and oxygen atoms in total. The van der Waals surface area contributed by atoms with Crippen LogP contribution in [0, 0.1) is 28.9 Å². The van der Waals surface area contributed by atoms with Crippen molar-refractivity contribution in [2.75, 3.05) is 19.6 Å². The first-order valence-corrected chi connectivity index (χ1v) is 15.8. The first-order chi connectivity index (χ1) is 20.4. The normalized spacial score (nSPS) is 18.3. The predicted molar refractivity (Wildman–Crippen MR) is 165 cm³/mol. The zero-order chi connectivity index (χ0) is 31.7. The summed E-state index contributed by atoms with van der Waals surface area (Å²) in [6.45, 7) is 11.5. The summed E-state index contributed by atoms with van der Waals surface area (Å²) in [5.41, 5.74) is 5.97. The molecule has 0 saturated heterocycles. The molecule has 0 fully saturated rings. The molecule has 0 radical (unpaired) electrons. The average Bonchev–Trinajstić information content (AvgIpc) is 3.36. The number of primary amides is 1. The van der Waals surface area contributed by atoms with Crippen molar-refractivity contribution in [2.24, 2.45) is 23.0 Å². The smallest absolute Gasteiger partial charge is 0.249 e. The van der Waals surface area contributed by atoms with Gasteiger partial charge in [0.1, 0.15) is 21.6 Å². The molecule has 1 aliphatic rings. The number of aliphatic hydroxyl groups is 1. The van der Waals surface area contributed by atoms with Crippen LogP contribution in [0.2, 0.25) is 0 Å². The number of hydrogen-bond donors (Lipinski definition) is 3. The number of amides is 2.